The SMILES string of the molecule is CCCCCCCCC[N+](C)(CCO)CCO.[Cl-]. The Kier molecular flexibility index (Phi) is 15.5. The molecule has 0 radical (unpaired) electrons. The van der Waals surface area contributed by atoms with Gasteiger partial charge in [-0.15, -0.1) is 0 Å². The molecule has 0 spiro atoms. The van der Waals surface area contributed by atoms with Gasteiger partial charge < -0.3 is 27.1 Å². The monoisotopic (exact) mass is 281 g/mol. The minimum Gasteiger partial charge on any atom is -1.00 e. The van der Waals surface area contributed by atoms with Gasteiger partial charge >= 0.3 is 0 Å². The van der Waals surface area contributed by atoms with E-state index < -0.39 is 0 Å². The minimum absolute atomic E-state index is 0. The van der Waals surface area contributed by atoms with Gasteiger partial charge in [0, 0.05) is 0 Å². The molecule has 0 saturated heterocycles. The molecule has 0 aromatic carbocycles. The van der Waals surface area contributed by atoms with E-state index in [1.165, 1.54) is 44.9 Å². The molecule has 0 heterocycles. The first-order chi connectivity index (χ1) is 8.18. The molecule has 0 fully saturated rings. The fourth-order valence-corrected chi connectivity index (χ4v) is 2.27. The van der Waals surface area contributed by atoms with Crippen LogP contribution < -0.4 is 12.4 Å². The van der Waals surface area contributed by atoms with Crippen LogP contribution in [0.25, 0.3) is 0 Å². The quantitative estimate of drug-likeness (QED) is 0.362. The van der Waals surface area contributed by atoms with E-state index in [-0.39, 0.29) is 25.6 Å². The Hall–Kier alpha value is 0.170. The molecule has 2 N–H and O–H groups in total. The first-order valence-electron chi connectivity index (χ1n) is 7.24. The van der Waals surface area contributed by atoms with Gasteiger partial charge in [-0.25, -0.2) is 0 Å². The van der Waals surface area contributed by atoms with Crippen LogP contribution in [0.2, 0.25) is 0 Å². The maximum absolute atomic E-state index is 9.03. The predicted octanol–water partition coefficient (Wildman–Crippen LogP) is -0.828. The first-order valence-corrected chi connectivity index (χ1v) is 7.24. The van der Waals surface area contributed by atoms with Crippen molar-refractivity contribution in [3.8, 4) is 0 Å². The van der Waals surface area contributed by atoms with Crippen molar-refractivity contribution in [3.63, 3.8) is 0 Å². The van der Waals surface area contributed by atoms with Crippen LogP contribution in [0.15, 0.2) is 0 Å². The second-order valence-electron chi connectivity index (χ2n) is 5.36. The zero-order valence-corrected chi connectivity index (χ0v) is 13.0. The number of halogens is 1. The second-order valence-corrected chi connectivity index (χ2v) is 5.36. The summed E-state index contributed by atoms with van der Waals surface area (Å²) < 4.78 is 0.808. The van der Waals surface area contributed by atoms with Crippen molar-refractivity contribution in [2.75, 3.05) is 39.9 Å². The van der Waals surface area contributed by atoms with E-state index in [0.717, 1.165) is 24.1 Å². The van der Waals surface area contributed by atoms with Crippen LogP contribution in [0.3, 0.4) is 0 Å². The van der Waals surface area contributed by atoms with Crippen molar-refractivity contribution in [1.29, 1.82) is 0 Å². The zero-order valence-electron chi connectivity index (χ0n) is 12.2. The van der Waals surface area contributed by atoms with Gasteiger partial charge in [0.25, 0.3) is 0 Å². The molecule has 112 valence electrons. The van der Waals surface area contributed by atoms with Gasteiger partial charge in [-0.1, -0.05) is 39.0 Å². The molecular formula is C14H32ClNO2. The molecule has 0 aromatic heterocycles. The van der Waals surface area contributed by atoms with Gasteiger partial charge in [0.1, 0.15) is 13.1 Å². The Morgan fingerprint density at radius 2 is 1.17 bits per heavy atom. The summed E-state index contributed by atoms with van der Waals surface area (Å²) in [5.41, 5.74) is 0. The fourth-order valence-electron chi connectivity index (χ4n) is 2.27. The third-order valence-electron chi connectivity index (χ3n) is 3.58. The molecule has 0 saturated carbocycles. The minimum atomic E-state index is 0. The Morgan fingerprint density at radius 3 is 1.61 bits per heavy atom. The van der Waals surface area contributed by atoms with Crippen LogP contribution in [-0.4, -0.2) is 54.6 Å². The lowest BCUT2D eigenvalue weighted by Crippen LogP contribution is -3.00. The highest BCUT2D eigenvalue weighted by Crippen LogP contribution is 2.10. The maximum atomic E-state index is 9.03. The summed E-state index contributed by atoms with van der Waals surface area (Å²) in [6.07, 6.45) is 9.23. The van der Waals surface area contributed by atoms with Crippen LogP contribution in [0.1, 0.15) is 51.9 Å². The van der Waals surface area contributed by atoms with E-state index in [4.69, 9.17) is 10.2 Å². The molecule has 0 aromatic rings. The fraction of sp³-hybridized carbons (Fsp3) is 1.00. The normalized spacial score (nSPS) is 11.3. The Labute approximate surface area is 119 Å². The lowest BCUT2D eigenvalue weighted by atomic mass is 10.1. The Morgan fingerprint density at radius 1 is 0.722 bits per heavy atom. The summed E-state index contributed by atoms with van der Waals surface area (Å²) in [6.45, 7) is 5.27. The van der Waals surface area contributed by atoms with E-state index in [0.29, 0.717) is 0 Å². The molecule has 0 amide bonds. The van der Waals surface area contributed by atoms with E-state index in [1.807, 2.05) is 0 Å². The van der Waals surface area contributed by atoms with Gasteiger partial charge in [-0.3, -0.25) is 0 Å². The molecule has 0 bridgehead atoms. The molecule has 0 aliphatic carbocycles. The Bertz CT molecular complexity index is 162. The van der Waals surface area contributed by atoms with Gasteiger partial charge in [0.05, 0.1) is 26.8 Å². The van der Waals surface area contributed by atoms with Gasteiger partial charge in [-0.2, -0.15) is 0 Å². The highest BCUT2D eigenvalue weighted by Gasteiger charge is 2.19. The number of nitrogens with zero attached hydrogens (tertiary/aromatic N) is 1. The number of aliphatic hydroxyl groups is 2. The van der Waals surface area contributed by atoms with Crippen LogP contribution in [-0.2, 0) is 0 Å². The van der Waals surface area contributed by atoms with E-state index in [1.54, 1.807) is 0 Å². The predicted molar refractivity (Wildman–Crippen MR) is 73.0 cm³/mol. The molecule has 0 rings (SSSR count). The van der Waals surface area contributed by atoms with Crippen LogP contribution in [0, 0.1) is 0 Å². The smallest absolute Gasteiger partial charge is 0.102 e. The average molecular weight is 282 g/mol. The summed E-state index contributed by atoms with van der Waals surface area (Å²) in [7, 11) is 2.13. The zero-order chi connectivity index (χ0) is 13.0. The molecule has 3 nitrogen and oxygen atoms in total. The molecule has 0 aliphatic rings. The summed E-state index contributed by atoms with van der Waals surface area (Å²) in [4.78, 5) is 0. The van der Waals surface area contributed by atoms with Crippen molar-refractivity contribution in [2.45, 2.75) is 51.9 Å². The van der Waals surface area contributed by atoms with Crippen LogP contribution in [0.4, 0.5) is 0 Å². The highest BCUT2D eigenvalue weighted by molar-refractivity contribution is 4.46. The molecule has 0 unspecified atom stereocenters. The molecule has 0 aliphatic heterocycles. The van der Waals surface area contributed by atoms with E-state index in [9.17, 15) is 0 Å². The van der Waals surface area contributed by atoms with Crippen molar-refractivity contribution in [3.05, 3.63) is 0 Å². The average Bonchev–Trinajstić information content (AvgIpc) is 2.28. The second kappa shape index (κ2) is 13.6. The number of hydrogen-bond acceptors (Lipinski definition) is 2. The number of quaternary nitrogens is 1. The third kappa shape index (κ3) is 11.3. The highest BCUT2D eigenvalue weighted by atomic mass is 35.5. The Balaban J connectivity index is 0. The molecule has 18 heavy (non-hydrogen) atoms. The summed E-state index contributed by atoms with van der Waals surface area (Å²) in [5, 5.41) is 18.1. The number of rotatable bonds is 12. The van der Waals surface area contributed by atoms with E-state index >= 15 is 0 Å². The van der Waals surface area contributed by atoms with Crippen molar-refractivity contribution in [1.82, 2.24) is 0 Å². The summed E-state index contributed by atoms with van der Waals surface area (Å²) in [5.74, 6) is 0. The van der Waals surface area contributed by atoms with Crippen molar-refractivity contribution >= 4 is 0 Å². The van der Waals surface area contributed by atoms with Crippen LogP contribution in [0.5, 0.6) is 0 Å². The molecule has 4 heteroatoms. The number of aliphatic hydroxyl groups excluding tert-OH is 2. The van der Waals surface area contributed by atoms with Crippen molar-refractivity contribution in [2.24, 2.45) is 0 Å². The lowest BCUT2D eigenvalue weighted by molar-refractivity contribution is -0.910. The summed E-state index contributed by atoms with van der Waals surface area (Å²) in [6, 6.07) is 0. The van der Waals surface area contributed by atoms with Crippen molar-refractivity contribution < 1.29 is 27.1 Å². The number of likely N-dealkylation sites (N-methyl/N-ethyl adjacent to an activating group) is 1. The standard InChI is InChI=1S/C14H32NO2.ClH/c1-3-4-5-6-7-8-9-10-15(2,11-13-16)12-14-17;/h16-17H,3-14H2,1-2H3;1H/q+1;/p-1. The maximum Gasteiger partial charge on any atom is 0.102 e. The van der Waals surface area contributed by atoms with Gasteiger partial charge in [-0.05, 0) is 12.8 Å². The largest absolute Gasteiger partial charge is 1.00 e. The summed E-state index contributed by atoms with van der Waals surface area (Å²) >= 11 is 0. The van der Waals surface area contributed by atoms with E-state index in [2.05, 4.69) is 14.0 Å². The first kappa shape index (κ1) is 20.5. The van der Waals surface area contributed by atoms with Gasteiger partial charge in [0.2, 0.25) is 0 Å². The van der Waals surface area contributed by atoms with Crippen LogP contribution >= 0.6 is 0 Å². The third-order valence-corrected chi connectivity index (χ3v) is 3.58. The lowest BCUT2D eigenvalue weighted by Gasteiger charge is -2.33. The number of unbranched alkanes of at least 4 members (excludes halogenated alkanes) is 6. The molecule has 0 atom stereocenters. The molecular weight excluding hydrogens is 250 g/mol. The topological polar surface area (TPSA) is 40.5 Å². The number of hydrogen-bond donors (Lipinski definition) is 2. The van der Waals surface area contributed by atoms with Gasteiger partial charge in [0.15, 0.2) is 0 Å².